The monoisotopic (exact) mass is 377 g/mol. The topological polar surface area (TPSA) is 28.5 Å². The number of nitrogens with zero attached hydrogens (tertiary/aromatic N) is 3. The van der Waals surface area contributed by atoms with Crippen molar-refractivity contribution in [3.8, 4) is 0 Å². The number of fused-ring (bicyclic) bond motifs is 5. The third-order valence-corrected chi connectivity index (χ3v) is 6.97. The summed E-state index contributed by atoms with van der Waals surface area (Å²) in [4.78, 5) is 17.8. The van der Waals surface area contributed by atoms with Crippen LogP contribution in [-0.4, -0.2) is 45.6 Å². The van der Waals surface area contributed by atoms with E-state index in [4.69, 9.17) is 23.2 Å². The van der Waals surface area contributed by atoms with Gasteiger partial charge in [0.25, 0.3) is 0 Å². The normalized spacial score (nSPS) is 29.5. The van der Waals surface area contributed by atoms with Gasteiger partial charge in [-0.05, 0) is 50.9 Å². The van der Waals surface area contributed by atoms with Gasteiger partial charge < -0.3 is 9.80 Å². The Kier molecular flexibility index (Phi) is 3.60. The Morgan fingerprint density at radius 1 is 1.04 bits per heavy atom. The highest BCUT2D eigenvalue weighted by Crippen LogP contribution is 2.39. The van der Waals surface area contributed by atoms with Crippen LogP contribution in [0.3, 0.4) is 0 Å². The summed E-state index contributed by atoms with van der Waals surface area (Å²) >= 11 is 12.5. The Bertz CT molecular complexity index is 863. The summed E-state index contributed by atoms with van der Waals surface area (Å²) in [5.41, 5.74) is 1.85. The molecular formula is C19H21Cl2N3O. The van der Waals surface area contributed by atoms with E-state index < -0.39 is 0 Å². The van der Waals surface area contributed by atoms with Crippen molar-refractivity contribution >= 4 is 40.1 Å². The Hall–Kier alpha value is -1.23. The fourth-order valence-electron chi connectivity index (χ4n) is 5.12. The molecule has 0 N–H and O–H groups in total. The standard InChI is InChI=1S/C19H21Cl2N3O/c1-22-12-3-2-4-13(22)8-14(7-12)23-10-15-9-16-17(21)5-11(20)6-18(16)24(15)19(23)25/h5-6,9,12-14H,2-4,7-8,10H2,1H3. The zero-order valence-electron chi connectivity index (χ0n) is 14.2. The summed E-state index contributed by atoms with van der Waals surface area (Å²) in [6.45, 7) is 0.676. The maximum absolute atomic E-state index is 13.2. The number of benzene rings is 1. The van der Waals surface area contributed by atoms with Gasteiger partial charge in [-0.3, -0.25) is 4.57 Å². The number of aromatic nitrogens is 1. The van der Waals surface area contributed by atoms with Crippen molar-refractivity contribution in [1.29, 1.82) is 0 Å². The van der Waals surface area contributed by atoms with Crippen molar-refractivity contribution in [3.05, 3.63) is 33.9 Å². The lowest BCUT2D eigenvalue weighted by atomic mass is 9.82. The van der Waals surface area contributed by atoms with Crippen LogP contribution in [0.25, 0.3) is 10.9 Å². The lowest BCUT2D eigenvalue weighted by molar-refractivity contribution is 0.0214. The van der Waals surface area contributed by atoms with Crippen molar-refractivity contribution in [3.63, 3.8) is 0 Å². The van der Waals surface area contributed by atoms with E-state index in [9.17, 15) is 4.79 Å². The van der Waals surface area contributed by atoms with Crippen LogP contribution in [0.2, 0.25) is 10.0 Å². The fourth-order valence-corrected chi connectivity index (χ4v) is 5.66. The first kappa shape index (κ1) is 16.0. The van der Waals surface area contributed by atoms with Gasteiger partial charge in [0.05, 0.1) is 17.1 Å². The number of rotatable bonds is 1. The van der Waals surface area contributed by atoms with Crippen LogP contribution in [0.1, 0.15) is 37.8 Å². The minimum Gasteiger partial charge on any atom is -0.315 e. The molecule has 2 atom stereocenters. The second-order valence-electron chi connectivity index (χ2n) is 7.73. The molecule has 2 unspecified atom stereocenters. The highest BCUT2D eigenvalue weighted by Gasteiger charge is 2.42. The van der Waals surface area contributed by atoms with Gasteiger partial charge in [-0.15, -0.1) is 0 Å². The molecule has 2 saturated heterocycles. The Labute approximate surface area is 157 Å². The lowest BCUT2D eigenvalue weighted by Crippen LogP contribution is -2.55. The highest BCUT2D eigenvalue weighted by molar-refractivity contribution is 6.38. The molecule has 4 nitrogen and oxygen atoms in total. The van der Waals surface area contributed by atoms with Crippen LogP contribution in [0.4, 0.5) is 4.79 Å². The Morgan fingerprint density at radius 2 is 1.76 bits per heavy atom. The molecule has 25 heavy (non-hydrogen) atoms. The number of halogens is 2. The predicted octanol–water partition coefficient (Wildman–Crippen LogP) is 4.75. The number of carbonyl (C=O) groups is 1. The first-order valence-corrected chi connectivity index (χ1v) is 9.81. The van der Waals surface area contributed by atoms with Crippen molar-refractivity contribution in [2.45, 2.75) is 56.8 Å². The molecular weight excluding hydrogens is 357 g/mol. The second kappa shape index (κ2) is 5.63. The minimum atomic E-state index is 0.0796. The summed E-state index contributed by atoms with van der Waals surface area (Å²) in [7, 11) is 2.25. The molecule has 3 aliphatic heterocycles. The minimum absolute atomic E-state index is 0.0796. The van der Waals surface area contributed by atoms with Crippen LogP contribution < -0.4 is 0 Å². The van der Waals surface area contributed by atoms with E-state index in [0.29, 0.717) is 34.7 Å². The van der Waals surface area contributed by atoms with Gasteiger partial charge in [0, 0.05) is 34.2 Å². The smallest absolute Gasteiger partial charge is 0.315 e. The second-order valence-corrected chi connectivity index (χ2v) is 8.57. The number of hydrogen-bond acceptors (Lipinski definition) is 2. The SMILES string of the molecule is CN1C2CCCC1CC(N1Cc3cc4c(Cl)cc(Cl)cc4n3C1=O)C2. The summed E-state index contributed by atoms with van der Waals surface area (Å²) in [6.07, 6.45) is 6.01. The third kappa shape index (κ3) is 2.34. The molecule has 2 fully saturated rings. The van der Waals surface area contributed by atoms with Gasteiger partial charge in [-0.25, -0.2) is 4.79 Å². The first-order valence-electron chi connectivity index (χ1n) is 9.05. The van der Waals surface area contributed by atoms with E-state index in [1.807, 2.05) is 12.1 Å². The zero-order valence-corrected chi connectivity index (χ0v) is 15.7. The van der Waals surface area contributed by atoms with Crippen LogP contribution >= 0.6 is 23.2 Å². The molecule has 0 saturated carbocycles. The van der Waals surface area contributed by atoms with Crippen LogP contribution in [-0.2, 0) is 6.54 Å². The Morgan fingerprint density at radius 3 is 2.48 bits per heavy atom. The van der Waals surface area contributed by atoms with Gasteiger partial charge in [0.2, 0.25) is 0 Å². The van der Waals surface area contributed by atoms with Gasteiger partial charge >= 0.3 is 6.03 Å². The summed E-state index contributed by atoms with van der Waals surface area (Å²) in [6, 6.07) is 7.27. The molecule has 0 spiro atoms. The number of hydrogen-bond donors (Lipinski definition) is 0. The molecule has 0 radical (unpaired) electrons. The van der Waals surface area contributed by atoms with E-state index in [1.54, 1.807) is 10.6 Å². The van der Waals surface area contributed by atoms with Crippen LogP contribution in [0.5, 0.6) is 0 Å². The van der Waals surface area contributed by atoms with Crippen molar-refractivity contribution in [2.24, 2.45) is 0 Å². The maximum atomic E-state index is 13.2. The highest BCUT2D eigenvalue weighted by atomic mass is 35.5. The van der Waals surface area contributed by atoms with E-state index in [0.717, 1.165) is 29.4 Å². The van der Waals surface area contributed by atoms with E-state index >= 15 is 0 Å². The van der Waals surface area contributed by atoms with E-state index in [2.05, 4.69) is 16.8 Å². The van der Waals surface area contributed by atoms with Gasteiger partial charge in [-0.1, -0.05) is 29.6 Å². The lowest BCUT2D eigenvalue weighted by Gasteiger charge is -2.48. The van der Waals surface area contributed by atoms with Gasteiger partial charge in [0.1, 0.15) is 0 Å². The van der Waals surface area contributed by atoms with Crippen molar-refractivity contribution in [2.75, 3.05) is 7.05 Å². The van der Waals surface area contributed by atoms with Crippen molar-refractivity contribution in [1.82, 2.24) is 14.4 Å². The molecule has 5 rings (SSSR count). The number of amides is 1. The number of carbonyl (C=O) groups excluding carboxylic acids is 1. The summed E-state index contributed by atoms with van der Waals surface area (Å²) < 4.78 is 1.81. The van der Waals surface area contributed by atoms with Crippen molar-refractivity contribution < 1.29 is 4.79 Å². The third-order valence-electron chi connectivity index (χ3n) is 6.44. The molecule has 3 aliphatic rings. The molecule has 1 aromatic heterocycles. The molecule has 2 bridgehead atoms. The average Bonchev–Trinajstić information content (AvgIpc) is 3.05. The largest absolute Gasteiger partial charge is 0.329 e. The molecule has 2 aromatic rings. The number of piperidine rings is 2. The molecule has 1 amide bonds. The quantitative estimate of drug-likeness (QED) is 0.717. The molecule has 1 aromatic carbocycles. The van der Waals surface area contributed by atoms with E-state index in [-0.39, 0.29) is 6.03 Å². The predicted molar refractivity (Wildman–Crippen MR) is 101 cm³/mol. The van der Waals surface area contributed by atoms with Crippen LogP contribution in [0, 0.1) is 0 Å². The molecule has 4 heterocycles. The average molecular weight is 378 g/mol. The first-order chi connectivity index (χ1) is 12.0. The van der Waals surface area contributed by atoms with Crippen LogP contribution in [0.15, 0.2) is 18.2 Å². The summed E-state index contributed by atoms with van der Waals surface area (Å²) in [5.74, 6) is 0. The molecule has 0 aliphatic carbocycles. The maximum Gasteiger partial charge on any atom is 0.329 e. The van der Waals surface area contributed by atoms with Gasteiger partial charge in [0.15, 0.2) is 0 Å². The van der Waals surface area contributed by atoms with Gasteiger partial charge in [-0.2, -0.15) is 0 Å². The summed E-state index contributed by atoms with van der Waals surface area (Å²) in [5, 5.41) is 2.09. The zero-order chi connectivity index (χ0) is 17.3. The Balaban J connectivity index is 1.48. The van der Waals surface area contributed by atoms with E-state index in [1.165, 1.54) is 19.3 Å². The molecule has 6 heteroatoms. The molecule has 132 valence electrons. The fraction of sp³-hybridized carbons (Fsp3) is 0.526.